The SMILES string of the molecule is CCCS(=O)(=O)NC(C#N)c1cccc(OC)c1. The maximum Gasteiger partial charge on any atom is 0.213 e. The van der Waals surface area contributed by atoms with Gasteiger partial charge in [0, 0.05) is 0 Å². The van der Waals surface area contributed by atoms with Crippen molar-refractivity contribution in [2.75, 3.05) is 12.9 Å². The van der Waals surface area contributed by atoms with E-state index in [1.165, 1.54) is 7.11 Å². The highest BCUT2D eigenvalue weighted by Gasteiger charge is 2.18. The Kier molecular flexibility index (Phi) is 5.13. The summed E-state index contributed by atoms with van der Waals surface area (Å²) in [7, 11) is -1.91. The molecule has 0 aliphatic carbocycles. The lowest BCUT2D eigenvalue weighted by Gasteiger charge is -2.12. The van der Waals surface area contributed by atoms with Crippen molar-refractivity contribution in [1.29, 1.82) is 5.26 Å². The predicted octanol–water partition coefficient (Wildman–Crippen LogP) is 1.59. The van der Waals surface area contributed by atoms with E-state index in [4.69, 9.17) is 10.00 Å². The van der Waals surface area contributed by atoms with Crippen LogP contribution in [0.25, 0.3) is 0 Å². The summed E-state index contributed by atoms with van der Waals surface area (Å²) >= 11 is 0. The first-order valence-corrected chi connectivity index (χ1v) is 7.21. The van der Waals surface area contributed by atoms with Gasteiger partial charge in [-0.15, -0.1) is 0 Å². The average Bonchev–Trinajstić information content (AvgIpc) is 2.36. The zero-order chi connectivity index (χ0) is 13.6. The third-order valence-electron chi connectivity index (χ3n) is 2.33. The highest BCUT2D eigenvalue weighted by Crippen LogP contribution is 2.19. The van der Waals surface area contributed by atoms with Crippen molar-refractivity contribution >= 4 is 10.0 Å². The van der Waals surface area contributed by atoms with Crippen molar-refractivity contribution in [3.8, 4) is 11.8 Å². The van der Waals surface area contributed by atoms with E-state index >= 15 is 0 Å². The van der Waals surface area contributed by atoms with Gasteiger partial charge < -0.3 is 4.74 Å². The number of nitriles is 1. The minimum absolute atomic E-state index is 0.00908. The lowest BCUT2D eigenvalue weighted by Crippen LogP contribution is -2.29. The van der Waals surface area contributed by atoms with E-state index in [1.54, 1.807) is 31.2 Å². The van der Waals surface area contributed by atoms with Crippen LogP contribution in [0.1, 0.15) is 24.9 Å². The molecule has 5 nitrogen and oxygen atoms in total. The Morgan fingerprint density at radius 3 is 2.78 bits per heavy atom. The molecule has 0 aliphatic rings. The van der Waals surface area contributed by atoms with E-state index in [0.29, 0.717) is 17.7 Å². The van der Waals surface area contributed by atoms with Crippen LogP contribution in [0.2, 0.25) is 0 Å². The van der Waals surface area contributed by atoms with E-state index in [-0.39, 0.29) is 5.75 Å². The van der Waals surface area contributed by atoms with Crippen LogP contribution >= 0.6 is 0 Å². The Labute approximate surface area is 107 Å². The fourth-order valence-corrected chi connectivity index (χ4v) is 2.70. The van der Waals surface area contributed by atoms with Gasteiger partial charge in [-0.05, 0) is 24.1 Å². The Morgan fingerprint density at radius 2 is 2.22 bits per heavy atom. The number of benzene rings is 1. The van der Waals surface area contributed by atoms with Crippen molar-refractivity contribution in [2.45, 2.75) is 19.4 Å². The van der Waals surface area contributed by atoms with E-state index in [1.807, 2.05) is 6.07 Å². The number of rotatable bonds is 6. The first-order valence-electron chi connectivity index (χ1n) is 5.56. The number of hydrogen-bond donors (Lipinski definition) is 1. The van der Waals surface area contributed by atoms with Crippen molar-refractivity contribution in [2.24, 2.45) is 0 Å². The fraction of sp³-hybridized carbons (Fsp3) is 0.417. The van der Waals surface area contributed by atoms with Gasteiger partial charge in [0.1, 0.15) is 11.8 Å². The van der Waals surface area contributed by atoms with Crippen LogP contribution in [0.3, 0.4) is 0 Å². The molecule has 6 heteroatoms. The summed E-state index contributed by atoms with van der Waals surface area (Å²) in [6.07, 6.45) is 0.506. The number of sulfonamides is 1. The number of nitrogens with zero attached hydrogens (tertiary/aromatic N) is 1. The molecule has 1 aromatic carbocycles. The second-order valence-electron chi connectivity index (χ2n) is 3.78. The molecule has 98 valence electrons. The molecule has 0 saturated carbocycles. The molecule has 0 heterocycles. The van der Waals surface area contributed by atoms with Gasteiger partial charge in [0.15, 0.2) is 0 Å². The summed E-state index contributed by atoms with van der Waals surface area (Å²) in [6, 6.07) is 7.82. The molecule has 1 unspecified atom stereocenters. The lowest BCUT2D eigenvalue weighted by molar-refractivity contribution is 0.414. The van der Waals surface area contributed by atoms with E-state index < -0.39 is 16.1 Å². The van der Waals surface area contributed by atoms with Crippen molar-refractivity contribution < 1.29 is 13.2 Å². The Morgan fingerprint density at radius 1 is 1.50 bits per heavy atom. The first-order chi connectivity index (χ1) is 8.52. The molecule has 0 fully saturated rings. The third-order valence-corrected chi connectivity index (χ3v) is 3.87. The van der Waals surface area contributed by atoms with Gasteiger partial charge in [0.25, 0.3) is 0 Å². The van der Waals surface area contributed by atoms with E-state index in [9.17, 15) is 8.42 Å². The summed E-state index contributed by atoms with van der Waals surface area (Å²) in [4.78, 5) is 0. The normalized spacial score (nSPS) is 12.7. The summed E-state index contributed by atoms with van der Waals surface area (Å²) in [5, 5.41) is 9.06. The van der Waals surface area contributed by atoms with Crippen LogP contribution in [0, 0.1) is 11.3 Å². The van der Waals surface area contributed by atoms with E-state index in [0.717, 1.165) is 0 Å². The van der Waals surface area contributed by atoms with Gasteiger partial charge in [-0.1, -0.05) is 19.1 Å². The lowest BCUT2D eigenvalue weighted by atomic mass is 10.1. The molecule has 1 atom stereocenters. The molecular weight excluding hydrogens is 252 g/mol. The summed E-state index contributed by atoms with van der Waals surface area (Å²) in [6.45, 7) is 1.77. The zero-order valence-corrected chi connectivity index (χ0v) is 11.2. The molecule has 1 N–H and O–H groups in total. The summed E-state index contributed by atoms with van der Waals surface area (Å²) < 4.78 is 30.7. The molecule has 1 rings (SSSR count). The standard InChI is InChI=1S/C12H16N2O3S/c1-3-7-18(15,16)14-12(9-13)10-5-4-6-11(8-10)17-2/h4-6,8,12,14H,3,7H2,1-2H3. The molecule has 0 radical (unpaired) electrons. The highest BCUT2D eigenvalue weighted by molar-refractivity contribution is 7.89. The highest BCUT2D eigenvalue weighted by atomic mass is 32.2. The smallest absolute Gasteiger partial charge is 0.213 e. The van der Waals surface area contributed by atoms with Crippen molar-refractivity contribution in [3.63, 3.8) is 0 Å². The number of hydrogen-bond acceptors (Lipinski definition) is 4. The second kappa shape index (κ2) is 6.38. The predicted molar refractivity (Wildman–Crippen MR) is 68.6 cm³/mol. The molecule has 0 bridgehead atoms. The topological polar surface area (TPSA) is 79.2 Å². The largest absolute Gasteiger partial charge is 0.497 e. The summed E-state index contributed by atoms with van der Waals surface area (Å²) in [5.41, 5.74) is 0.566. The minimum Gasteiger partial charge on any atom is -0.497 e. The first kappa shape index (κ1) is 14.5. The van der Waals surface area contributed by atoms with Crippen LogP contribution in [0.15, 0.2) is 24.3 Å². The fourth-order valence-electron chi connectivity index (χ4n) is 1.50. The maximum atomic E-state index is 11.6. The maximum absolute atomic E-state index is 11.6. The van der Waals surface area contributed by atoms with Gasteiger partial charge in [-0.2, -0.15) is 9.98 Å². The van der Waals surface area contributed by atoms with Crippen LogP contribution in [0.5, 0.6) is 5.75 Å². The van der Waals surface area contributed by atoms with Gasteiger partial charge in [-0.3, -0.25) is 0 Å². The van der Waals surface area contributed by atoms with Gasteiger partial charge in [-0.25, -0.2) is 8.42 Å². The monoisotopic (exact) mass is 268 g/mol. The molecule has 0 saturated heterocycles. The van der Waals surface area contributed by atoms with E-state index in [2.05, 4.69) is 4.72 Å². The zero-order valence-electron chi connectivity index (χ0n) is 10.4. The number of methoxy groups -OCH3 is 1. The minimum atomic E-state index is -3.42. The van der Waals surface area contributed by atoms with Crippen LogP contribution < -0.4 is 9.46 Å². The summed E-state index contributed by atoms with van der Waals surface area (Å²) in [5.74, 6) is 0.595. The van der Waals surface area contributed by atoms with Gasteiger partial charge in [0.2, 0.25) is 10.0 Å². The second-order valence-corrected chi connectivity index (χ2v) is 5.65. The molecular formula is C12H16N2O3S. The quantitative estimate of drug-likeness (QED) is 0.849. The molecule has 18 heavy (non-hydrogen) atoms. The average molecular weight is 268 g/mol. The van der Waals surface area contributed by atoms with Crippen LogP contribution in [0.4, 0.5) is 0 Å². The van der Waals surface area contributed by atoms with Crippen molar-refractivity contribution in [3.05, 3.63) is 29.8 Å². The Hall–Kier alpha value is -1.58. The molecule has 1 aromatic rings. The van der Waals surface area contributed by atoms with Gasteiger partial charge in [0.05, 0.1) is 18.9 Å². The molecule has 0 aliphatic heterocycles. The van der Waals surface area contributed by atoms with Crippen molar-refractivity contribution in [1.82, 2.24) is 4.72 Å². The molecule has 0 aromatic heterocycles. The van der Waals surface area contributed by atoms with Crippen LogP contribution in [-0.4, -0.2) is 21.3 Å². The molecule has 0 amide bonds. The molecule has 0 spiro atoms. The Balaban J connectivity index is 2.94. The third kappa shape index (κ3) is 4.02. The number of nitrogens with one attached hydrogen (secondary N) is 1. The number of ether oxygens (including phenoxy) is 1. The Bertz CT molecular complexity index is 534. The van der Waals surface area contributed by atoms with Crippen LogP contribution in [-0.2, 0) is 10.0 Å². The van der Waals surface area contributed by atoms with Gasteiger partial charge >= 0.3 is 0 Å².